The summed E-state index contributed by atoms with van der Waals surface area (Å²) < 4.78 is 11.4. The zero-order chi connectivity index (χ0) is 23.6. The lowest BCUT2D eigenvalue weighted by atomic mass is 9.68. The highest BCUT2D eigenvalue weighted by Gasteiger charge is 2.43. The average molecular weight is 506 g/mol. The summed E-state index contributed by atoms with van der Waals surface area (Å²) in [6.45, 7) is 8.42. The lowest BCUT2D eigenvalue weighted by Crippen LogP contribution is -2.38. The van der Waals surface area contributed by atoms with Crippen LogP contribution in [0.25, 0.3) is 0 Å². The fourth-order valence-electron chi connectivity index (χ4n) is 4.55. The van der Waals surface area contributed by atoms with Crippen LogP contribution in [-0.4, -0.2) is 30.6 Å². The number of allylic oxidation sites excluding steroid dienone is 3. The van der Waals surface area contributed by atoms with Crippen LogP contribution in [-0.2, 0) is 14.3 Å². The number of phenols is 1. The minimum Gasteiger partial charge on any atom is -0.503 e. The first-order valence-electron chi connectivity index (χ1n) is 11.1. The molecule has 174 valence electrons. The van der Waals surface area contributed by atoms with Crippen molar-refractivity contribution in [3.63, 3.8) is 0 Å². The summed E-state index contributed by atoms with van der Waals surface area (Å²) in [5.41, 5.74) is 3.07. The van der Waals surface area contributed by atoms with Gasteiger partial charge in [0.25, 0.3) is 0 Å². The largest absolute Gasteiger partial charge is 0.503 e. The molecule has 1 aromatic carbocycles. The number of halogens is 1. The molecule has 0 fully saturated rings. The van der Waals surface area contributed by atoms with Crippen molar-refractivity contribution in [1.29, 1.82) is 0 Å². The molecule has 2 aliphatic rings. The Bertz CT molecular complexity index is 992. The van der Waals surface area contributed by atoms with Crippen LogP contribution in [0.3, 0.4) is 0 Å². The molecule has 7 heteroatoms. The van der Waals surface area contributed by atoms with E-state index in [1.807, 2.05) is 6.92 Å². The third kappa shape index (κ3) is 4.87. The fourth-order valence-corrected chi connectivity index (χ4v) is 5.01. The van der Waals surface area contributed by atoms with Gasteiger partial charge in [-0.2, -0.15) is 0 Å². The van der Waals surface area contributed by atoms with E-state index in [4.69, 9.17) is 9.47 Å². The molecule has 1 unspecified atom stereocenters. The number of ether oxygens (including phenoxy) is 2. The second kappa shape index (κ2) is 9.69. The summed E-state index contributed by atoms with van der Waals surface area (Å²) in [5.74, 6) is -0.768. The Morgan fingerprint density at radius 3 is 2.66 bits per heavy atom. The van der Waals surface area contributed by atoms with E-state index in [1.54, 1.807) is 12.1 Å². The third-order valence-corrected chi connectivity index (χ3v) is 6.65. The number of dihydropyridines is 1. The fraction of sp³-hybridized carbons (Fsp3) is 0.520. The van der Waals surface area contributed by atoms with Gasteiger partial charge >= 0.3 is 5.97 Å². The number of hydrogen-bond acceptors (Lipinski definition) is 6. The summed E-state index contributed by atoms with van der Waals surface area (Å²) in [6, 6.07) is 3.43. The first kappa shape index (κ1) is 24.4. The first-order valence-corrected chi connectivity index (χ1v) is 11.9. The molecule has 1 heterocycles. The Morgan fingerprint density at radius 2 is 2.00 bits per heavy atom. The van der Waals surface area contributed by atoms with E-state index in [-0.39, 0.29) is 22.7 Å². The zero-order valence-corrected chi connectivity index (χ0v) is 21.0. The number of benzene rings is 1. The number of carbonyl (C=O) groups is 2. The molecule has 0 saturated carbocycles. The number of methoxy groups -OCH3 is 1. The van der Waals surface area contributed by atoms with Crippen molar-refractivity contribution in [3.8, 4) is 11.5 Å². The van der Waals surface area contributed by atoms with E-state index in [2.05, 4.69) is 42.0 Å². The first-order chi connectivity index (χ1) is 15.1. The number of nitrogens with one attached hydrogen (secondary N) is 1. The van der Waals surface area contributed by atoms with Gasteiger partial charge in [-0.25, -0.2) is 4.79 Å². The molecule has 0 saturated heterocycles. The van der Waals surface area contributed by atoms with Gasteiger partial charge < -0.3 is 19.9 Å². The van der Waals surface area contributed by atoms with E-state index in [0.717, 1.165) is 25.0 Å². The lowest BCUT2D eigenvalue weighted by Gasteiger charge is -2.39. The minimum atomic E-state index is -0.598. The maximum absolute atomic E-state index is 13.3. The van der Waals surface area contributed by atoms with Gasteiger partial charge in [0.05, 0.1) is 23.8 Å². The van der Waals surface area contributed by atoms with Crippen LogP contribution in [0.4, 0.5) is 0 Å². The van der Waals surface area contributed by atoms with E-state index in [9.17, 15) is 14.7 Å². The molecule has 1 aromatic rings. The van der Waals surface area contributed by atoms with E-state index >= 15 is 0 Å². The van der Waals surface area contributed by atoms with Gasteiger partial charge in [-0.3, -0.25) is 4.79 Å². The Kier molecular flexibility index (Phi) is 7.38. The highest BCUT2D eigenvalue weighted by molar-refractivity contribution is 9.10. The van der Waals surface area contributed by atoms with E-state index < -0.39 is 11.9 Å². The number of ketones is 1. The number of hydrogen-bond donors (Lipinski definition) is 2. The molecule has 1 aliphatic carbocycles. The van der Waals surface area contributed by atoms with Crippen LogP contribution in [0.1, 0.15) is 71.3 Å². The number of esters is 1. The van der Waals surface area contributed by atoms with Crippen LogP contribution in [0, 0.1) is 5.41 Å². The van der Waals surface area contributed by atoms with Crippen molar-refractivity contribution in [3.05, 3.63) is 44.7 Å². The van der Waals surface area contributed by atoms with Gasteiger partial charge in [0, 0.05) is 29.3 Å². The summed E-state index contributed by atoms with van der Waals surface area (Å²) in [5, 5.41) is 13.6. The molecule has 0 radical (unpaired) electrons. The molecule has 3 rings (SSSR count). The van der Waals surface area contributed by atoms with Crippen molar-refractivity contribution in [2.24, 2.45) is 5.41 Å². The Morgan fingerprint density at radius 1 is 1.28 bits per heavy atom. The van der Waals surface area contributed by atoms with Crippen LogP contribution < -0.4 is 10.1 Å². The number of Topliss-reactive ketones (excluding diaryl/α,β-unsaturated/α-hetero) is 1. The van der Waals surface area contributed by atoms with Crippen molar-refractivity contribution in [2.45, 2.75) is 65.7 Å². The summed E-state index contributed by atoms with van der Waals surface area (Å²) in [7, 11) is 1.47. The van der Waals surface area contributed by atoms with Crippen LogP contribution in [0.2, 0.25) is 0 Å². The molecule has 0 amide bonds. The van der Waals surface area contributed by atoms with Gasteiger partial charge in [-0.05, 0) is 58.8 Å². The van der Waals surface area contributed by atoms with E-state index in [0.29, 0.717) is 46.3 Å². The Balaban J connectivity index is 2.12. The third-order valence-electron chi connectivity index (χ3n) is 6.04. The SMILES string of the molecule is CCCCCOC(=O)C1=C(C)NC2=C(C(=O)CC(C)(C)C2)C1c1cc(Br)c(O)c(OC)c1. The number of carbonyl (C=O) groups excluding carboxylic acids is 2. The highest BCUT2D eigenvalue weighted by atomic mass is 79.9. The van der Waals surface area contributed by atoms with Gasteiger partial charge in [0.15, 0.2) is 17.3 Å². The van der Waals surface area contributed by atoms with Gasteiger partial charge in [-0.1, -0.05) is 33.6 Å². The molecule has 0 spiro atoms. The molecule has 1 atom stereocenters. The molecular formula is C25H32BrNO5. The molecular weight excluding hydrogens is 474 g/mol. The molecule has 32 heavy (non-hydrogen) atoms. The average Bonchev–Trinajstić information content (AvgIpc) is 2.71. The van der Waals surface area contributed by atoms with Crippen molar-refractivity contribution >= 4 is 27.7 Å². The Hall–Kier alpha value is -2.28. The zero-order valence-electron chi connectivity index (χ0n) is 19.4. The van der Waals surface area contributed by atoms with Crippen LogP contribution >= 0.6 is 15.9 Å². The smallest absolute Gasteiger partial charge is 0.336 e. The monoisotopic (exact) mass is 505 g/mol. The number of phenolic OH excluding ortho intramolecular Hbond substituents is 1. The predicted molar refractivity (Wildman–Crippen MR) is 126 cm³/mol. The number of unbranched alkanes of at least 4 members (excludes halogenated alkanes) is 2. The van der Waals surface area contributed by atoms with Gasteiger partial charge in [0.2, 0.25) is 0 Å². The predicted octanol–water partition coefficient (Wildman–Crippen LogP) is 5.50. The Labute approximate surface area is 198 Å². The lowest BCUT2D eigenvalue weighted by molar-refractivity contribution is -0.139. The molecule has 0 aromatic heterocycles. The number of aromatic hydroxyl groups is 1. The quantitative estimate of drug-likeness (QED) is 0.375. The maximum Gasteiger partial charge on any atom is 0.336 e. The van der Waals surface area contributed by atoms with Crippen LogP contribution in [0.5, 0.6) is 11.5 Å². The van der Waals surface area contributed by atoms with Crippen molar-refractivity contribution in [2.75, 3.05) is 13.7 Å². The second-order valence-electron chi connectivity index (χ2n) is 9.33. The van der Waals surface area contributed by atoms with Crippen molar-refractivity contribution in [1.82, 2.24) is 5.32 Å². The van der Waals surface area contributed by atoms with E-state index in [1.165, 1.54) is 7.11 Å². The van der Waals surface area contributed by atoms with Gasteiger partial charge in [0.1, 0.15) is 0 Å². The molecule has 2 N–H and O–H groups in total. The standard InChI is InChI=1S/C25H32BrNO5/c1-6-7-8-9-32-24(30)20-14(2)27-17-12-25(3,4)13-18(28)22(17)21(20)15-10-16(26)23(29)19(11-15)31-5/h10-11,21,27,29H,6-9,12-13H2,1-5H3. The maximum atomic E-state index is 13.3. The molecule has 6 nitrogen and oxygen atoms in total. The summed E-state index contributed by atoms with van der Waals surface area (Å²) >= 11 is 3.38. The minimum absolute atomic E-state index is 0.0145. The summed E-state index contributed by atoms with van der Waals surface area (Å²) in [6.07, 6.45) is 3.92. The topological polar surface area (TPSA) is 84.9 Å². The molecule has 1 aliphatic heterocycles. The van der Waals surface area contributed by atoms with Gasteiger partial charge in [-0.15, -0.1) is 0 Å². The number of rotatable bonds is 7. The normalized spacial score (nSPS) is 20.1. The second-order valence-corrected chi connectivity index (χ2v) is 10.2. The highest BCUT2D eigenvalue weighted by Crippen LogP contribution is 2.49. The van der Waals surface area contributed by atoms with Crippen molar-refractivity contribution < 1.29 is 24.2 Å². The van der Waals surface area contributed by atoms with Crippen LogP contribution in [0.15, 0.2) is 39.1 Å². The molecule has 0 bridgehead atoms. The summed E-state index contributed by atoms with van der Waals surface area (Å²) in [4.78, 5) is 26.6.